The summed E-state index contributed by atoms with van der Waals surface area (Å²) in [5.41, 5.74) is 8.55. The first kappa shape index (κ1) is 22.1. The monoisotopic (exact) mass is 471 g/mol. The van der Waals surface area contributed by atoms with Gasteiger partial charge in [0, 0.05) is 16.5 Å². The predicted molar refractivity (Wildman–Crippen MR) is 151 cm³/mol. The summed E-state index contributed by atoms with van der Waals surface area (Å²) < 4.78 is 2.32. The maximum atomic E-state index is 9.25. The average Bonchev–Trinajstić information content (AvgIpc) is 3.31. The molecule has 37 heavy (non-hydrogen) atoms. The molecule has 6 rings (SSSR count). The lowest BCUT2D eigenvalue weighted by molar-refractivity contribution is 1.18. The number of aromatic nitrogens is 1. The van der Waals surface area contributed by atoms with Crippen LogP contribution in [0.15, 0.2) is 115 Å². The average molecular weight is 472 g/mol. The van der Waals surface area contributed by atoms with Gasteiger partial charge in [0.25, 0.3) is 0 Å². The minimum absolute atomic E-state index is 0.488. The Morgan fingerprint density at radius 1 is 0.514 bits per heavy atom. The first-order valence-corrected chi connectivity index (χ1v) is 12.1. The molecule has 3 heteroatoms. The molecule has 0 saturated carbocycles. The van der Waals surface area contributed by atoms with Crippen LogP contribution >= 0.6 is 0 Å². The van der Waals surface area contributed by atoms with Gasteiger partial charge < -0.3 is 4.57 Å². The van der Waals surface area contributed by atoms with Crippen molar-refractivity contribution in [3.05, 3.63) is 138 Å². The fourth-order valence-electron chi connectivity index (χ4n) is 4.84. The molecule has 0 aliphatic rings. The van der Waals surface area contributed by atoms with E-state index in [0.29, 0.717) is 11.1 Å². The maximum absolute atomic E-state index is 9.25. The minimum Gasteiger partial charge on any atom is -0.309 e. The maximum Gasteiger partial charge on any atom is 0.0992 e. The van der Waals surface area contributed by atoms with E-state index in [9.17, 15) is 10.5 Å². The highest BCUT2D eigenvalue weighted by Crippen LogP contribution is 2.32. The van der Waals surface area contributed by atoms with Crippen molar-refractivity contribution in [2.24, 2.45) is 0 Å². The molecule has 1 aromatic heterocycles. The van der Waals surface area contributed by atoms with Gasteiger partial charge in [-0.3, -0.25) is 0 Å². The van der Waals surface area contributed by atoms with E-state index in [1.807, 2.05) is 36.4 Å². The fourth-order valence-corrected chi connectivity index (χ4v) is 4.84. The van der Waals surface area contributed by atoms with Crippen molar-refractivity contribution in [3.8, 4) is 29.0 Å². The second-order valence-corrected chi connectivity index (χ2v) is 8.94. The van der Waals surface area contributed by atoms with E-state index in [-0.39, 0.29) is 0 Å². The van der Waals surface area contributed by atoms with Gasteiger partial charge in [-0.05, 0) is 64.7 Å². The van der Waals surface area contributed by atoms with Gasteiger partial charge in [-0.2, -0.15) is 10.5 Å². The van der Waals surface area contributed by atoms with Crippen molar-refractivity contribution >= 4 is 34.0 Å². The van der Waals surface area contributed by atoms with Crippen LogP contribution in [0.5, 0.6) is 0 Å². The number of hydrogen-bond donors (Lipinski definition) is 0. The Balaban J connectivity index is 1.26. The molecule has 5 aromatic carbocycles. The molecule has 0 amide bonds. The molecule has 0 bridgehead atoms. The van der Waals surface area contributed by atoms with Crippen LogP contribution in [0.3, 0.4) is 0 Å². The lowest BCUT2D eigenvalue weighted by Gasteiger charge is -2.08. The molecule has 0 unspecified atom stereocenters. The Bertz CT molecular complexity index is 1790. The van der Waals surface area contributed by atoms with Gasteiger partial charge in [0.2, 0.25) is 0 Å². The van der Waals surface area contributed by atoms with Gasteiger partial charge in [-0.15, -0.1) is 0 Å². The summed E-state index contributed by atoms with van der Waals surface area (Å²) in [6.07, 6.45) is 4.19. The predicted octanol–water partition coefficient (Wildman–Crippen LogP) is 8.36. The SMILES string of the molecule is N#Cc1cc(C#N)cc(-c2ccc(/C=C/c3ccc(-n4c5ccccc5c5ccccc54)cc3)cc2)c1. The number of nitrogens with zero attached hydrogens (tertiary/aromatic N) is 3. The lowest BCUT2D eigenvalue weighted by atomic mass is 9.99. The quantitative estimate of drug-likeness (QED) is 0.243. The highest BCUT2D eigenvalue weighted by atomic mass is 15.0. The largest absolute Gasteiger partial charge is 0.309 e. The van der Waals surface area contributed by atoms with Crippen LogP contribution in [0.1, 0.15) is 22.3 Å². The van der Waals surface area contributed by atoms with Crippen molar-refractivity contribution in [2.45, 2.75) is 0 Å². The second-order valence-electron chi connectivity index (χ2n) is 8.94. The van der Waals surface area contributed by atoms with Crippen LogP contribution in [0, 0.1) is 22.7 Å². The summed E-state index contributed by atoms with van der Waals surface area (Å²) in [7, 11) is 0. The molecular weight excluding hydrogens is 450 g/mol. The molecule has 0 atom stereocenters. The Hall–Kier alpha value is -5.38. The summed E-state index contributed by atoms with van der Waals surface area (Å²) in [4.78, 5) is 0. The Morgan fingerprint density at radius 2 is 1.00 bits per heavy atom. The number of rotatable bonds is 4. The van der Waals surface area contributed by atoms with E-state index >= 15 is 0 Å². The van der Waals surface area contributed by atoms with Crippen LogP contribution in [0.4, 0.5) is 0 Å². The summed E-state index contributed by atoms with van der Waals surface area (Å²) in [5.74, 6) is 0. The molecular formula is C34H21N3. The number of hydrogen-bond acceptors (Lipinski definition) is 2. The number of benzene rings is 5. The van der Waals surface area contributed by atoms with Gasteiger partial charge >= 0.3 is 0 Å². The third kappa shape index (κ3) is 4.16. The van der Waals surface area contributed by atoms with Gasteiger partial charge in [0.05, 0.1) is 34.3 Å². The van der Waals surface area contributed by atoms with Crippen LogP contribution in [-0.2, 0) is 0 Å². The Morgan fingerprint density at radius 3 is 1.51 bits per heavy atom. The van der Waals surface area contributed by atoms with E-state index in [1.165, 1.54) is 21.8 Å². The smallest absolute Gasteiger partial charge is 0.0992 e. The fraction of sp³-hybridized carbons (Fsp3) is 0. The number of fused-ring (bicyclic) bond motifs is 3. The first-order chi connectivity index (χ1) is 18.2. The summed E-state index contributed by atoms with van der Waals surface area (Å²) in [5, 5.41) is 21.0. The standard InChI is InChI=1S/C34H21N3/c35-22-26-19-27(23-36)21-29(20-26)28-15-11-24(12-16-28)9-10-25-13-17-30(18-14-25)37-33-7-3-1-5-31(33)32-6-2-4-8-34(32)37/h1-21H/b10-9+. The third-order valence-corrected chi connectivity index (χ3v) is 6.63. The van der Waals surface area contributed by atoms with Crippen molar-refractivity contribution in [2.75, 3.05) is 0 Å². The Labute approximate surface area is 215 Å². The third-order valence-electron chi connectivity index (χ3n) is 6.63. The highest BCUT2D eigenvalue weighted by Gasteiger charge is 2.11. The van der Waals surface area contributed by atoms with Crippen LogP contribution in [0.25, 0.3) is 50.8 Å². The van der Waals surface area contributed by atoms with Crippen molar-refractivity contribution in [3.63, 3.8) is 0 Å². The van der Waals surface area contributed by atoms with Gasteiger partial charge in [0.1, 0.15) is 0 Å². The van der Waals surface area contributed by atoms with Crippen molar-refractivity contribution < 1.29 is 0 Å². The normalized spacial score (nSPS) is 11.1. The molecule has 0 aliphatic heterocycles. The zero-order valence-electron chi connectivity index (χ0n) is 20.0. The topological polar surface area (TPSA) is 52.5 Å². The number of nitriles is 2. The molecule has 6 aromatic rings. The molecule has 1 heterocycles. The molecule has 0 spiro atoms. The summed E-state index contributed by atoms with van der Waals surface area (Å²) in [6.45, 7) is 0. The molecule has 3 nitrogen and oxygen atoms in total. The first-order valence-electron chi connectivity index (χ1n) is 12.1. The van der Waals surface area contributed by atoms with E-state index in [1.54, 1.807) is 6.07 Å². The van der Waals surface area contributed by atoms with E-state index < -0.39 is 0 Å². The van der Waals surface area contributed by atoms with Gasteiger partial charge in [0.15, 0.2) is 0 Å². The van der Waals surface area contributed by atoms with E-state index in [0.717, 1.165) is 27.9 Å². The van der Waals surface area contributed by atoms with E-state index in [2.05, 4.69) is 102 Å². The lowest BCUT2D eigenvalue weighted by Crippen LogP contribution is -1.93. The number of para-hydroxylation sites is 2. The van der Waals surface area contributed by atoms with Crippen LogP contribution in [0.2, 0.25) is 0 Å². The molecule has 0 N–H and O–H groups in total. The van der Waals surface area contributed by atoms with Crippen LogP contribution in [-0.4, -0.2) is 4.57 Å². The van der Waals surface area contributed by atoms with Crippen molar-refractivity contribution in [1.82, 2.24) is 4.57 Å². The molecule has 0 aliphatic carbocycles. The molecule has 172 valence electrons. The highest BCUT2D eigenvalue weighted by molar-refractivity contribution is 6.09. The molecule has 0 fully saturated rings. The molecule has 0 saturated heterocycles. The zero-order chi connectivity index (χ0) is 25.2. The zero-order valence-corrected chi connectivity index (χ0v) is 20.0. The van der Waals surface area contributed by atoms with Gasteiger partial charge in [-0.1, -0.05) is 84.9 Å². The second kappa shape index (κ2) is 9.34. The minimum atomic E-state index is 0.488. The van der Waals surface area contributed by atoms with E-state index in [4.69, 9.17) is 0 Å². The van der Waals surface area contributed by atoms with Crippen LogP contribution < -0.4 is 0 Å². The van der Waals surface area contributed by atoms with Gasteiger partial charge in [-0.25, -0.2) is 0 Å². The van der Waals surface area contributed by atoms with Crippen molar-refractivity contribution in [1.29, 1.82) is 10.5 Å². The Kier molecular flexibility index (Phi) is 5.58. The molecule has 0 radical (unpaired) electrons. The summed E-state index contributed by atoms with van der Waals surface area (Å²) in [6, 6.07) is 43.3. The summed E-state index contributed by atoms with van der Waals surface area (Å²) >= 11 is 0.